The lowest BCUT2D eigenvalue weighted by atomic mass is 10.1. The maximum atomic E-state index is 6.08. The largest absolute Gasteiger partial charge is 0.487 e. The summed E-state index contributed by atoms with van der Waals surface area (Å²) in [6.07, 6.45) is 0. The van der Waals surface area contributed by atoms with Crippen molar-refractivity contribution in [1.29, 1.82) is 0 Å². The van der Waals surface area contributed by atoms with Crippen LogP contribution < -0.4 is 4.74 Å². The van der Waals surface area contributed by atoms with Gasteiger partial charge in [0.15, 0.2) is 0 Å². The second kappa shape index (κ2) is 7.29. The summed E-state index contributed by atoms with van der Waals surface area (Å²) in [6.45, 7) is 5.77. The molecule has 24 heavy (non-hydrogen) atoms. The van der Waals surface area contributed by atoms with Crippen LogP contribution in [0.4, 0.5) is 0 Å². The molecule has 1 aromatic heterocycles. The maximum absolute atomic E-state index is 6.08. The molecular formula is C20H22ClNO2. The van der Waals surface area contributed by atoms with E-state index in [2.05, 4.69) is 35.9 Å². The van der Waals surface area contributed by atoms with Crippen molar-refractivity contribution in [3.05, 3.63) is 64.3 Å². The second-order valence-corrected chi connectivity index (χ2v) is 6.25. The zero-order valence-electron chi connectivity index (χ0n) is 14.3. The summed E-state index contributed by atoms with van der Waals surface area (Å²) in [5.41, 5.74) is 4.54. The third-order valence-corrected chi connectivity index (χ3v) is 4.72. The number of rotatable bonds is 6. The second-order valence-electron chi connectivity index (χ2n) is 5.84. The number of aromatic nitrogens is 1. The maximum Gasteiger partial charge on any atom is 0.129 e. The Labute approximate surface area is 147 Å². The molecule has 3 nitrogen and oxygen atoms in total. The summed E-state index contributed by atoms with van der Waals surface area (Å²) in [6, 6.07) is 14.1. The molecule has 0 saturated heterocycles. The molecule has 0 N–H and O–H groups in total. The highest BCUT2D eigenvalue weighted by Gasteiger charge is 2.15. The number of nitrogens with zero attached hydrogens (tertiary/aromatic N) is 1. The fourth-order valence-electron chi connectivity index (χ4n) is 2.93. The summed E-state index contributed by atoms with van der Waals surface area (Å²) in [7, 11) is 2.07. The lowest BCUT2D eigenvalue weighted by Crippen LogP contribution is -2.06. The van der Waals surface area contributed by atoms with Crippen LogP contribution in [0.3, 0.4) is 0 Å². The molecule has 4 heteroatoms. The van der Waals surface area contributed by atoms with Crippen molar-refractivity contribution >= 4 is 22.5 Å². The van der Waals surface area contributed by atoms with E-state index in [4.69, 9.17) is 21.1 Å². The molecule has 0 saturated carbocycles. The Kier molecular flexibility index (Phi) is 5.12. The molecule has 3 aromatic rings. The minimum atomic E-state index is 0.495. The number of halogens is 1. The van der Waals surface area contributed by atoms with Gasteiger partial charge in [0.1, 0.15) is 12.4 Å². The van der Waals surface area contributed by atoms with Crippen LogP contribution in [0.5, 0.6) is 5.75 Å². The van der Waals surface area contributed by atoms with Crippen molar-refractivity contribution in [2.45, 2.75) is 27.1 Å². The molecule has 0 amide bonds. The quantitative estimate of drug-likeness (QED) is 0.609. The van der Waals surface area contributed by atoms with Crippen molar-refractivity contribution < 1.29 is 9.47 Å². The van der Waals surface area contributed by atoms with Gasteiger partial charge < -0.3 is 14.0 Å². The molecule has 3 rings (SSSR count). The van der Waals surface area contributed by atoms with Crippen LogP contribution in [-0.4, -0.2) is 11.2 Å². The Morgan fingerprint density at radius 1 is 1.08 bits per heavy atom. The van der Waals surface area contributed by atoms with Gasteiger partial charge >= 0.3 is 0 Å². The van der Waals surface area contributed by atoms with E-state index in [1.807, 2.05) is 32.0 Å². The number of ether oxygens (including phenoxy) is 2. The van der Waals surface area contributed by atoms with Gasteiger partial charge in [0.05, 0.1) is 12.3 Å². The summed E-state index contributed by atoms with van der Waals surface area (Å²) in [5.74, 6) is 0.824. The monoisotopic (exact) mass is 343 g/mol. The summed E-state index contributed by atoms with van der Waals surface area (Å²) < 4.78 is 13.9. The topological polar surface area (TPSA) is 23.4 Å². The van der Waals surface area contributed by atoms with Gasteiger partial charge in [-0.05, 0) is 43.7 Å². The first kappa shape index (κ1) is 16.9. The van der Waals surface area contributed by atoms with Crippen LogP contribution in [0.1, 0.15) is 23.7 Å². The van der Waals surface area contributed by atoms with Gasteiger partial charge in [0.2, 0.25) is 0 Å². The lowest BCUT2D eigenvalue weighted by molar-refractivity contribution is 0.133. The molecule has 1 heterocycles. The molecule has 0 radical (unpaired) electrons. The van der Waals surface area contributed by atoms with E-state index in [0.717, 1.165) is 22.0 Å². The van der Waals surface area contributed by atoms with E-state index in [9.17, 15) is 0 Å². The molecule has 0 spiro atoms. The first-order valence-corrected chi connectivity index (χ1v) is 8.51. The molecule has 0 aliphatic rings. The molecule has 0 unspecified atom stereocenters. The smallest absolute Gasteiger partial charge is 0.129 e. The number of fused-ring (bicyclic) bond motifs is 1. The Hall–Kier alpha value is -1.97. The molecule has 126 valence electrons. The van der Waals surface area contributed by atoms with Gasteiger partial charge in [0, 0.05) is 35.1 Å². The fourth-order valence-corrected chi connectivity index (χ4v) is 3.05. The number of para-hydroxylation sites is 1. The highest BCUT2D eigenvalue weighted by atomic mass is 35.5. The van der Waals surface area contributed by atoms with E-state index in [-0.39, 0.29) is 0 Å². The molecule has 0 aliphatic carbocycles. The first-order valence-electron chi connectivity index (χ1n) is 8.13. The van der Waals surface area contributed by atoms with E-state index < -0.39 is 0 Å². The zero-order chi connectivity index (χ0) is 17.1. The minimum Gasteiger partial charge on any atom is -0.487 e. The Morgan fingerprint density at radius 2 is 1.88 bits per heavy atom. The van der Waals surface area contributed by atoms with Crippen molar-refractivity contribution in [1.82, 2.24) is 4.57 Å². The lowest BCUT2D eigenvalue weighted by Gasteiger charge is -2.11. The van der Waals surface area contributed by atoms with Gasteiger partial charge in [-0.25, -0.2) is 0 Å². The highest BCUT2D eigenvalue weighted by molar-refractivity contribution is 6.31. The van der Waals surface area contributed by atoms with Crippen molar-refractivity contribution in [3.63, 3.8) is 0 Å². The van der Waals surface area contributed by atoms with Gasteiger partial charge in [-0.15, -0.1) is 0 Å². The summed E-state index contributed by atoms with van der Waals surface area (Å²) >= 11 is 6.08. The van der Waals surface area contributed by atoms with Crippen molar-refractivity contribution in [3.8, 4) is 5.75 Å². The zero-order valence-corrected chi connectivity index (χ0v) is 15.1. The van der Waals surface area contributed by atoms with Gasteiger partial charge in [-0.3, -0.25) is 0 Å². The number of hydrogen-bond acceptors (Lipinski definition) is 2. The third-order valence-electron chi connectivity index (χ3n) is 4.30. The SMILES string of the molecule is CCOCc1c(COc2ccc(Cl)c(C)c2)n(C)c2ccccc12. The van der Waals surface area contributed by atoms with Crippen LogP contribution in [-0.2, 0) is 25.0 Å². The van der Waals surface area contributed by atoms with Crippen LogP contribution in [0.2, 0.25) is 5.02 Å². The average molecular weight is 344 g/mol. The summed E-state index contributed by atoms with van der Waals surface area (Å²) in [5, 5.41) is 1.98. The van der Waals surface area contributed by atoms with Gasteiger partial charge in [0.25, 0.3) is 0 Å². The molecule has 0 aliphatic heterocycles. The van der Waals surface area contributed by atoms with E-state index in [1.165, 1.54) is 16.5 Å². The normalized spacial score (nSPS) is 11.2. The molecule has 0 bridgehead atoms. The molecular weight excluding hydrogens is 322 g/mol. The minimum absolute atomic E-state index is 0.495. The van der Waals surface area contributed by atoms with Crippen LogP contribution in [0.15, 0.2) is 42.5 Å². The van der Waals surface area contributed by atoms with Crippen LogP contribution in [0.25, 0.3) is 10.9 Å². The third kappa shape index (κ3) is 3.28. The predicted molar refractivity (Wildman–Crippen MR) is 98.8 cm³/mol. The van der Waals surface area contributed by atoms with E-state index in [0.29, 0.717) is 19.8 Å². The van der Waals surface area contributed by atoms with E-state index >= 15 is 0 Å². The predicted octanol–water partition coefficient (Wildman–Crippen LogP) is 5.26. The van der Waals surface area contributed by atoms with Crippen LogP contribution >= 0.6 is 11.6 Å². The highest BCUT2D eigenvalue weighted by Crippen LogP contribution is 2.28. The van der Waals surface area contributed by atoms with E-state index in [1.54, 1.807) is 0 Å². The van der Waals surface area contributed by atoms with Gasteiger partial charge in [-0.2, -0.15) is 0 Å². The fraction of sp³-hybridized carbons (Fsp3) is 0.300. The molecule has 0 atom stereocenters. The molecule has 2 aromatic carbocycles. The molecule has 0 fully saturated rings. The summed E-state index contributed by atoms with van der Waals surface area (Å²) in [4.78, 5) is 0. The Bertz CT molecular complexity index is 854. The van der Waals surface area contributed by atoms with Crippen LogP contribution in [0, 0.1) is 6.92 Å². The Balaban J connectivity index is 1.92. The Morgan fingerprint density at radius 3 is 2.62 bits per heavy atom. The van der Waals surface area contributed by atoms with Crippen molar-refractivity contribution in [2.24, 2.45) is 7.05 Å². The number of benzene rings is 2. The average Bonchev–Trinajstić information content (AvgIpc) is 2.86. The number of aryl methyl sites for hydroxylation is 2. The number of hydrogen-bond donors (Lipinski definition) is 0. The standard InChI is InChI=1S/C20H22ClNO2/c1-4-23-12-17-16-7-5-6-8-19(16)22(3)20(17)13-24-15-9-10-18(21)14(2)11-15/h5-11H,4,12-13H2,1-3H3. The van der Waals surface area contributed by atoms with Gasteiger partial charge in [-0.1, -0.05) is 29.8 Å². The van der Waals surface area contributed by atoms with Crippen molar-refractivity contribution in [2.75, 3.05) is 6.61 Å². The first-order chi connectivity index (χ1) is 11.6.